The molecular formula is C44H44N2O8S. The maximum absolute atomic E-state index is 12.9. The first-order valence-corrected chi connectivity index (χ1v) is 19.0. The average molecular weight is 761 g/mol. The number of benzene rings is 5. The number of carbonyl (C=O) groups is 3. The Labute approximate surface area is 324 Å². The molecule has 0 spiro atoms. The number of esters is 1. The molecule has 10 nitrogen and oxygen atoms in total. The van der Waals surface area contributed by atoms with Crippen molar-refractivity contribution in [3.05, 3.63) is 161 Å². The van der Waals surface area contributed by atoms with Crippen molar-refractivity contribution in [2.75, 3.05) is 12.9 Å². The van der Waals surface area contributed by atoms with Gasteiger partial charge in [-0.15, -0.1) is 11.8 Å². The molecule has 4 N–H and O–H groups in total. The first kappa shape index (κ1) is 39.2. The number of carboxylic acids is 1. The highest BCUT2D eigenvalue weighted by atomic mass is 32.2. The molecule has 0 aromatic heterocycles. The van der Waals surface area contributed by atoms with Crippen molar-refractivity contribution in [3.8, 4) is 11.1 Å². The molecule has 5 aromatic rings. The maximum atomic E-state index is 12.9. The van der Waals surface area contributed by atoms with Gasteiger partial charge >= 0.3 is 18.0 Å². The predicted molar refractivity (Wildman–Crippen MR) is 210 cm³/mol. The van der Waals surface area contributed by atoms with E-state index in [9.17, 15) is 24.6 Å². The van der Waals surface area contributed by atoms with Crippen molar-refractivity contribution in [2.45, 2.75) is 55.9 Å². The van der Waals surface area contributed by atoms with Gasteiger partial charge in [0.25, 0.3) is 0 Å². The number of hydrogen-bond donors (Lipinski definition) is 4. The van der Waals surface area contributed by atoms with E-state index in [-0.39, 0.29) is 36.8 Å². The van der Waals surface area contributed by atoms with Crippen LogP contribution in [0.2, 0.25) is 0 Å². The number of hydrogen-bond acceptors (Lipinski definition) is 8. The van der Waals surface area contributed by atoms with E-state index < -0.39 is 30.3 Å². The standard InChI is InChI=1S/C44H44N2O8S/c1-28-39(27-55-37-20-18-33(19-21-37)41(48)49)53-43(54-40(28)32-16-14-30(26-47)15-17-32)36-13-7-12-35(24-36)34-11-6-10-31(22-34)25-45-44(51)46-38(42(50)52-2)23-29-8-4-3-5-9-29/h3-22,24,28,38-40,43,47H,23,25-27H2,1-2H3,(H,48,49)(H2,45,46,51). The summed E-state index contributed by atoms with van der Waals surface area (Å²) in [6.07, 6.45) is -0.868. The SMILES string of the molecule is COC(=O)C(Cc1ccccc1)NC(=O)NCc1cccc(-c2cccc(C3OC(CSc4ccc(C(=O)O)cc4)C(C)C(c4ccc(CO)cc4)O3)c2)c1. The van der Waals surface area contributed by atoms with Gasteiger partial charge in [-0.25, -0.2) is 14.4 Å². The second-order valence-electron chi connectivity index (χ2n) is 13.4. The van der Waals surface area contributed by atoms with E-state index >= 15 is 0 Å². The highest BCUT2D eigenvalue weighted by Gasteiger charge is 2.38. The number of ether oxygens (including phenoxy) is 3. The molecule has 284 valence electrons. The van der Waals surface area contributed by atoms with Gasteiger partial charge in [0, 0.05) is 35.1 Å². The fourth-order valence-electron chi connectivity index (χ4n) is 6.48. The van der Waals surface area contributed by atoms with Crippen LogP contribution in [-0.4, -0.2) is 53.2 Å². The Kier molecular flexibility index (Phi) is 13.4. The third kappa shape index (κ3) is 10.4. The van der Waals surface area contributed by atoms with Crippen LogP contribution in [0.4, 0.5) is 4.79 Å². The zero-order valence-corrected chi connectivity index (χ0v) is 31.4. The summed E-state index contributed by atoms with van der Waals surface area (Å²) in [5.74, 6) is -0.889. The summed E-state index contributed by atoms with van der Waals surface area (Å²) in [7, 11) is 1.30. The number of aliphatic hydroxyl groups is 1. The molecule has 0 bridgehead atoms. The molecule has 55 heavy (non-hydrogen) atoms. The summed E-state index contributed by atoms with van der Waals surface area (Å²) >= 11 is 1.60. The second-order valence-corrected chi connectivity index (χ2v) is 14.5. The van der Waals surface area contributed by atoms with Gasteiger partial charge in [-0.1, -0.05) is 97.9 Å². The van der Waals surface area contributed by atoms with Gasteiger partial charge in [0.2, 0.25) is 0 Å². The number of carbonyl (C=O) groups excluding carboxylic acids is 2. The Morgan fingerprint density at radius 2 is 1.47 bits per heavy atom. The van der Waals surface area contributed by atoms with E-state index in [0.717, 1.165) is 43.8 Å². The average Bonchev–Trinajstić information content (AvgIpc) is 3.22. The molecule has 1 aliphatic rings. The van der Waals surface area contributed by atoms with Crippen molar-refractivity contribution < 1.29 is 38.8 Å². The minimum Gasteiger partial charge on any atom is -0.478 e. The number of methoxy groups -OCH3 is 1. The van der Waals surface area contributed by atoms with Crippen molar-refractivity contribution in [2.24, 2.45) is 5.92 Å². The van der Waals surface area contributed by atoms with Crippen LogP contribution in [0.1, 0.15) is 57.5 Å². The summed E-state index contributed by atoms with van der Waals surface area (Å²) < 4.78 is 18.3. The molecule has 5 unspecified atom stereocenters. The zero-order valence-electron chi connectivity index (χ0n) is 30.6. The van der Waals surface area contributed by atoms with Gasteiger partial charge in [0.1, 0.15) is 6.04 Å². The molecule has 2 amide bonds. The van der Waals surface area contributed by atoms with Crippen LogP contribution in [0.3, 0.4) is 0 Å². The van der Waals surface area contributed by atoms with E-state index in [1.54, 1.807) is 23.9 Å². The smallest absolute Gasteiger partial charge is 0.335 e. The minimum absolute atomic E-state index is 0.0205. The summed E-state index contributed by atoms with van der Waals surface area (Å²) in [5.41, 5.74) is 6.53. The van der Waals surface area contributed by atoms with E-state index in [1.165, 1.54) is 7.11 Å². The fourth-order valence-corrected chi connectivity index (χ4v) is 7.55. The third-order valence-corrected chi connectivity index (χ3v) is 10.7. The number of amides is 2. The lowest BCUT2D eigenvalue weighted by molar-refractivity contribution is -0.268. The van der Waals surface area contributed by atoms with Crippen molar-refractivity contribution >= 4 is 29.7 Å². The molecule has 6 rings (SSSR count). The number of aliphatic hydroxyl groups excluding tert-OH is 1. The second kappa shape index (κ2) is 18.7. The molecule has 1 aliphatic heterocycles. The molecule has 0 aliphatic carbocycles. The Bertz CT molecular complexity index is 2060. The van der Waals surface area contributed by atoms with E-state index in [2.05, 4.69) is 17.6 Å². The summed E-state index contributed by atoms with van der Waals surface area (Å²) in [6, 6.07) is 38.6. The lowest BCUT2D eigenvalue weighted by atomic mass is 9.91. The zero-order chi connectivity index (χ0) is 38.7. The minimum atomic E-state index is -0.964. The molecule has 1 fully saturated rings. The van der Waals surface area contributed by atoms with Crippen LogP contribution < -0.4 is 10.6 Å². The molecule has 5 atom stereocenters. The van der Waals surface area contributed by atoms with Crippen LogP contribution >= 0.6 is 11.8 Å². The summed E-state index contributed by atoms with van der Waals surface area (Å²) in [6.45, 7) is 2.30. The Morgan fingerprint density at radius 1 is 0.782 bits per heavy atom. The largest absolute Gasteiger partial charge is 0.478 e. The number of carboxylic acid groups (broad SMARTS) is 1. The Hall–Kier alpha value is -5.46. The van der Waals surface area contributed by atoms with Gasteiger partial charge < -0.3 is 35.1 Å². The number of rotatable bonds is 14. The topological polar surface area (TPSA) is 143 Å². The lowest BCUT2D eigenvalue weighted by Crippen LogP contribution is -2.47. The van der Waals surface area contributed by atoms with Crippen LogP contribution in [-0.2, 0) is 38.6 Å². The van der Waals surface area contributed by atoms with Gasteiger partial charge in [0.15, 0.2) is 6.29 Å². The van der Waals surface area contributed by atoms with E-state index in [0.29, 0.717) is 12.2 Å². The monoisotopic (exact) mass is 760 g/mol. The number of urea groups is 1. The quantitative estimate of drug-likeness (QED) is 0.0661. The molecule has 5 aromatic carbocycles. The Balaban J connectivity index is 1.16. The van der Waals surface area contributed by atoms with Gasteiger partial charge in [-0.2, -0.15) is 0 Å². The first-order chi connectivity index (χ1) is 26.7. The highest BCUT2D eigenvalue weighted by molar-refractivity contribution is 7.99. The third-order valence-electron chi connectivity index (χ3n) is 9.58. The maximum Gasteiger partial charge on any atom is 0.335 e. The fraction of sp³-hybridized carbons (Fsp3) is 0.250. The van der Waals surface area contributed by atoms with Crippen LogP contribution in [0, 0.1) is 5.92 Å². The van der Waals surface area contributed by atoms with Crippen molar-refractivity contribution in [1.29, 1.82) is 0 Å². The highest BCUT2D eigenvalue weighted by Crippen LogP contribution is 2.43. The summed E-state index contributed by atoms with van der Waals surface area (Å²) in [4.78, 5) is 37.6. The molecule has 11 heteroatoms. The Morgan fingerprint density at radius 3 is 2.16 bits per heavy atom. The summed E-state index contributed by atoms with van der Waals surface area (Å²) in [5, 5.41) is 24.5. The van der Waals surface area contributed by atoms with Crippen molar-refractivity contribution in [1.82, 2.24) is 10.6 Å². The number of aromatic carboxylic acids is 1. The van der Waals surface area contributed by atoms with Gasteiger partial charge in [-0.3, -0.25) is 0 Å². The molecule has 1 heterocycles. The van der Waals surface area contributed by atoms with Gasteiger partial charge in [-0.05, 0) is 69.8 Å². The lowest BCUT2D eigenvalue weighted by Gasteiger charge is -2.41. The predicted octanol–water partition coefficient (Wildman–Crippen LogP) is 7.71. The van der Waals surface area contributed by atoms with Gasteiger partial charge in [0.05, 0.1) is 31.5 Å². The van der Waals surface area contributed by atoms with Crippen LogP contribution in [0.15, 0.2) is 132 Å². The normalized spacial score (nSPS) is 18.5. The van der Waals surface area contributed by atoms with Crippen LogP contribution in [0.25, 0.3) is 11.1 Å². The van der Waals surface area contributed by atoms with E-state index in [4.69, 9.17) is 14.2 Å². The molecule has 0 saturated carbocycles. The van der Waals surface area contributed by atoms with Crippen LogP contribution in [0.5, 0.6) is 0 Å². The first-order valence-electron chi connectivity index (χ1n) is 18.0. The molecular weight excluding hydrogens is 717 g/mol. The molecule has 1 saturated heterocycles. The number of thioether (sulfide) groups is 1. The molecule has 0 radical (unpaired) electrons. The van der Waals surface area contributed by atoms with E-state index in [1.807, 2.05) is 115 Å². The van der Waals surface area contributed by atoms with Crippen molar-refractivity contribution in [3.63, 3.8) is 0 Å². The number of nitrogens with one attached hydrogen (secondary N) is 2.